The zero-order valence-electron chi connectivity index (χ0n) is 14.7. The highest BCUT2D eigenvalue weighted by atomic mass is 19.1. The summed E-state index contributed by atoms with van der Waals surface area (Å²) in [7, 11) is 0. The molecule has 28 heavy (non-hydrogen) atoms. The average molecular weight is 378 g/mol. The molecule has 0 aliphatic rings. The molecule has 4 aromatic rings. The Morgan fingerprint density at radius 1 is 1.14 bits per heavy atom. The molecule has 0 fully saturated rings. The number of nitrogens with zero attached hydrogens (tertiary/aromatic N) is 2. The molecule has 7 nitrogen and oxygen atoms in total. The van der Waals surface area contributed by atoms with Crippen molar-refractivity contribution in [2.45, 2.75) is 6.92 Å². The van der Waals surface area contributed by atoms with Crippen molar-refractivity contribution in [3.8, 4) is 28.6 Å². The monoisotopic (exact) mass is 378 g/mol. The van der Waals surface area contributed by atoms with Crippen LogP contribution in [0.25, 0.3) is 22.3 Å². The van der Waals surface area contributed by atoms with Crippen molar-refractivity contribution in [1.82, 2.24) is 15.0 Å². The van der Waals surface area contributed by atoms with Gasteiger partial charge in [0.05, 0.1) is 16.7 Å². The fourth-order valence-electron chi connectivity index (χ4n) is 2.70. The minimum absolute atomic E-state index is 0.211. The first kappa shape index (κ1) is 17.5. The third kappa shape index (κ3) is 3.61. The summed E-state index contributed by atoms with van der Waals surface area (Å²) < 4.78 is 18.8. The molecule has 1 amide bonds. The summed E-state index contributed by atoms with van der Waals surface area (Å²) in [6.07, 6.45) is 0. The minimum Gasteiger partial charge on any atom is -0.505 e. The molecule has 140 valence electrons. The maximum Gasteiger partial charge on any atom is 0.223 e. The number of aromatic amines is 1. The fraction of sp³-hybridized carbons (Fsp3) is 0.0500. The Labute approximate surface area is 158 Å². The summed E-state index contributed by atoms with van der Waals surface area (Å²) in [6, 6.07) is 14.5. The van der Waals surface area contributed by atoms with Crippen molar-refractivity contribution in [3.63, 3.8) is 0 Å². The third-order valence-electron chi connectivity index (χ3n) is 3.94. The molecule has 4 rings (SSSR count). The van der Waals surface area contributed by atoms with E-state index < -0.39 is 11.6 Å². The van der Waals surface area contributed by atoms with E-state index in [0.717, 1.165) is 17.1 Å². The van der Waals surface area contributed by atoms with Crippen LogP contribution in [-0.4, -0.2) is 26.0 Å². The first-order chi connectivity index (χ1) is 13.5. The lowest BCUT2D eigenvalue weighted by Crippen LogP contribution is -2.06. The molecular weight excluding hydrogens is 363 g/mol. The molecule has 0 aliphatic heterocycles. The standard InChI is InChI=1S/C20H15FN4O3/c1-11(26)22-20-24-16-8-5-12(9-17(16)25-20)15-3-2-4-19(23-15)28-13-6-7-14(21)18(27)10-13/h2-10,27H,1H3,(H2,22,24,25,26). The van der Waals surface area contributed by atoms with Crippen molar-refractivity contribution < 1.29 is 19.0 Å². The number of H-pyrrole nitrogens is 1. The number of nitrogens with one attached hydrogen (secondary N) is 2. The predicted octanol–water partition coefficient (Wildman–Crippen LogP) is 4.22. The van der Waals surface area contributed by atoms with Crippen LogP contribution in [0.15, 0.2) is 54.6 Å². The highest BCUT2D eigenvalue weighted by Crippen LogP contribution is 2.28. The number of ether oxygens (including phenoxy) is 1. The Morgan fingerprint density at radius 3 is 2.79 bits per heavy atom. The lowest BCUT2D eigenvalue weighted by Gasteiger charge is -2.07. The van der Waals surface area contributed by atoms with E-state index in [1.54, 1.807) is 12.1 Å². The Balaban J connectivity index is 1.62. The number of carbonyl (C=O) groups excluding carboxylic acids is 1. The Hall–Kier alpha value is -3.94. The number of hydrogen-bond donors (Lipinski definition) is 3. The molecule has 2 aromatic carbocycles. The number of imidazole rings is 1. The molecule has 0 spiro atoms. The number of benzene rings is 2. The van der Waals surface area contributed by atoms with Gasteiger partial charge in [0, 0.05) is 24.6 Å². The zero-order chi connectivity index (χ0) is 19.7. The minimum atomic E-state index is -0.722. The number of phenolic OH excluding ortho intramolecular Hbond substituents is 1. The van der Waals surface area contributed by atoms with Gasteiger partial charge in [0.1, 0.15) is 5.75 Å². The molecule has 0 unspecified atom stereocenters. The van der Waals surface area contributed by atoms with Gasteiger partial charge < -0.3 is 14.8 Å². The average Bonchev–Trinajstić information content (AvgIpc) is 3.05. The van der Waals surface area contributed by atoms with E-state index in [1.165, 1.54) is 19.1 Å². The van der Waals surface area contributed by atoms with Crippen LogP contribution in [0, 0.1) is 5.82 Å². The van der Waals surface area contributed by atoms with E-state index in [0.29, 0.717) is 23.0 Å². The van der Waals surface area contributed by atoms with Crippen LogP contribution in [0.5, 0.6) is 17.4 Å². The second-order valence-corrected chi connectivity index (χ2v) is 6.07. The first-order valence-electron chi connectivity index (χ1n) is 8.39. The number of fused-ring (bicyclic) bond motifs is 1. The summed E-state index contributed by atoms with van der Waals surface area (Å²) in [5.74, 6) is -0.484. The van der Waals surface area contributed by atoms with Gasteiger partial charge in [-0.3, -0.25) is 10.1 Å². The number of amides is 1. The number of halogens is 1. The molecule has 8 heteroatoms. The van der Waals surface area contributed by atoms with Crippen LogP contribution in [0.4, 0.5) is 10.3 Å². The van der Waals surface area contributed by atoms with E-state index in [-0.39, 0.29) is 11.7 Å². The van der Waals surface area contributed by atoms with Crippen molar-refractivity contribution in [2.75, 3.05) is 5.32 Å². The fourth-order valence-corrected chi connectivity index (χ4v) is 2.70. The van der Waals surface area contributed by atoms with Crippen LogP contribution < -0.4 is 10.1 Å². The number of aromatic nitrogens is 3. The van der Waals surface area contributed by atoms with E-state index in [9.17, 15) is 14.3 Å². The zero-order valence-corrected chi connectivity index (χ0v) is 14.7. The third-order valence-corrected chi connectivity index (χ3v) is 3.94. The van der Waals surface area contributed by atoms with Gasteiger partial charge in [-0.05, 0) is 30.3 Å². The van der Waals surface area contributed by atoms with Crippen molar-refractivity contribution in [3.05, 3.63) is 60.4 Å². The Kier molecular flexibility index (Phi) is 4.36. The number of aromatic hydroxyl groups is 1. The lowest BCUT2D eigenvalue weighted by molar-refractivity contribution is -0.114. The van der Waals surface area contributed by atoms with Gasteiger partial charge in [-0.1, -0.05) is 12.1 Å². The van der Waals surface area contributed by atoms with Crippen LogP contribution in [0.1, 0.15) is 6.92 Å². The maximum absolute atomic E-state index is 13.2. The second kappa shape index (κ2) is 6.99. The van der Waals surface area contributed by atoms with E-state index >= 15 is 0 Å². The summed E-state index contributed by atoms with van der Waals surface area (Å²) in [5, 5.41) is 12.1. The van der Waals surface area contributed by atoms with Crippen molar-refractivity contribution in [1.29, 1.82) is 0 Å². The SMILES string of the molecule is CC(=O)Nc1nc2cc(-c3cccc(Oc4ccc(F)c(O)c4)n3)ccc2[nH]1. The van der Waals surface area contributed by atoms with Crippen LogP contribution in [0.3, 0.4) is 0 Å². The normalized spacial score (nSPS) is 10.8. The van der Waals surface area contributed by atoms with Crippen LogP contribution >= 0.6 is 0 Å². The molecule has 0 aliphatic carbocycles. The molecule has 2 aromatic heterocycles. The quantitative estimate of drug-likeness (QED) is 0.494. The molecular formula is C20H15FN4O3. The molecule has 0 radical (unpaired) electrons. The molecule has 0 saturated heterocycles. The number of pyridine rings is 1. The van der Waals surface area contributed by atoms with Gasteiger partial charge in [0.2, 0.25) is 17.7 Å². The van der Waals surface area contributed by atoms with Gasteiger partial charge in [-0.15, -0.1) is 0 Å². The van der Waals surface area contributed by atoms with E-state index in [4.69, 9.17) is 4.74 Å². The Morgan fingerprint density at radius 2 is 2.00 bits per heavy atom. The molecule has 3 N–H and O–H groups in total. The van der Waals surface area contributed by atoms with Gasteiger partial charge in [-0.2, -0.15) is 0 Å². The Bertz CT molecular complexity index is 1190. The van der Waals surface area contributed by atoms with Crippen molar-refractivity contribution >= 4 is 22.9 Å². The van der Waals surface area contributed by atoms with Gasteiger partial charge in [0.15, 0.2) is 11.6 Å². The number of hydrogen-bond acceptors (Lipinski definition) is 5. The molecule has 0 bridgehead atoms. The highest BCUT2D eigenvalue weighted by Gasteiger charge is 2.09. The molecule has 0 saturated carbocycles. The van der Waals surface area contributed by atoms with E-state index in [1.807, 2.05) is 24.3 Å². The van der Waals surface area contributed by atoms with Crippen LogP contribution in [0.2, 0.25) is 0 Å². The number of rotatable bonds is 4. The summed E-state index contributed by atoms with van der Waals surface area (Å²) in [4.78, 5) is 23.0. The first-order valence-corrected chi connectivity index (χ1v) is 8.39. The van der Waals surface area contributed by atoms with Crippen LogP contribution in [-0.2, 0) is 4.79 Å². The van der Waals surface area contributed by atoms with E-state index in [2.05, 4.69) is 20.3 Å². The van der Waals surface area contributed by atoms with Crippen molar-refractivity contribution in [2.24, 2.45) is 0 Å². The smallest absolute Gasteiger partial charge is 0.223 e. The molecule has 0 atom stereocenters. The largest absolute Gasteiger partial charge is 0.505 e. The van der Waals surface area contributed by atoms with Gasteiger partial charge in [-0.25, -0.2) is 14.4 Å². The van der Waals surface area contributed by atoms with Gasteiger partial charge >= 0.3 is 0 Å². The topological polar surface area (TPSA) is 100 Å². The summed E-state index contributed by atoms with van der Waals surface area (Å²) >= 11 is 0. The summed E-state index contributed by atoms with van der Waals surface area (Å²) in [5.41, 5.74) is 2.91. The lowest BCUT2D eigenvalue weighted by atomic mass is 10.1. The predicted molar refractivity (Wildman–Crippen MR) is 102 cm³/mol. The number of phenols is 1. The number of anilines is 1. The van der Waals surface area contributed by atoms with Gasteiger partial charge in [0.25, 0.3) is 0 Å². The highest BCUT2D eigenvalue weighted by molar-refractivity contribution is 5.90. The number of carbonyl (C=O) groups is 1. The molecule has 2 heterocycles. The maximum atomic E-state index is 13.2. The summed E-state index contributed by atoms with van der Waals surface area (Å²) in [6.45, 7) is 1.41. The second-order valence-electron chi connectivity index (χ2n) is 6.07.